The highest BCUT2D eigenvalue weighted by Gasteiger charge is 2.40. The molecule has 168 valence electrons. The van der Waals surface area contributed by atoms with Crippen LogP contribution in [-0.4, -0.2) is 48.0 Å². The number of nitrogens with zero attached hydrogens (tertiary/aromatic N) is 1. The van der Waals surface area contributed by atoms with Gasteiger partial charge in [0.05, 0.1) is 19.3 Å². The molecule has 7 heteroatoms. The molecule has 3 rings (SSSR count). The molecule has 2 aliphatic rings. The predicted molar refractivity (Wildman–Crippen MR) is 115 cm³/mol. The topological polar surface area (TPSA) is 82.1 Å². The third-order valence-electron chi connectivity index (χ3n) is 5.54. The molecular formula is C24H31NO6. The van der Waals surface area contributed by atoms with Gasteiger partial charge in [-0.05, 0) is 64.2 Å². The molecule has 1 aromatic carbocycles. The Morgan fingerprint density at radius 1 is 1.23 bits per heavy atom. The Balaban J connectivity index is 1.91. The van der Waals surface area contributed by atoms with Crippen molar-refractivity contribution in [2.24, 2.45) is 0 Å². The van der Waals surface area contributed by atoms with Crippen molar-refractivity contribution in [3.63, 3.8) is 0 Å². The molecule has 0 aromatic heterocycles. The molecule has 1 aliphatic carbocycles. The second-order valence-corrected chi connectivity index (χ2v) is 8.98. The monoisotopic (exact) mass is 429 g/mol. The number of carbonyl (C=O) groups is 3. The Hall–Kier alpha value is -2.83. The highest BCUT2D eigenvalue weighted by Crippen LogP contribution is 2.38. The highest BCUT2D eigenvalue weighted by molar-refractivity contribution is 6.01. The van der Waals surface area contributed by atoms with Gasteiger partial charge in [0.1, 0.15) is 11.9 Å². The van der Waals surface area contributed by atoms with Gasteiger partial charge in [-0.25, -0.2) is 9.69 Å². The van der Waals surface area contributed by atoms with E-state index < -0.39 is 29.6 Å². The molecule has 2 amide bonds. The maximum Gasteiger partial charge on any atom is 0.417 e. The van der Waals surface area contributed by atoms with E-state index in [1.807, 2.05) is 12.1 Å². The minimum Gasteiger partial charge on any atom is -0.493 e. The number of methoxy groups -OCH3 is 1. The van der Waals surface area contributed by atoms with Gasteiger partial charge in [0.25, 0.3) is 5.91 Å². The lowest BCUT2D eigenvalue weighted by Crippen LogP contribution is -2.45. The Bertz CT molecular complexity index is 850. The summed E-state index contributed by atoms with van der Waals surface area (Å²) < 4.78 is 17.1. The zero-order valence-electron chi connectivity index (χ0n) is 18.6. The summed E-state index contributed by atoms with van der Waals surface area (Å²) in [6.45, 7) is 5.23. The molecular weight excluding hydrogens is 398 g/mol. The Morgan fingerprint density at radius 3 is 2.55 bits per heavy atom. The number of aldehydes is 1. The first kappa shape index (κ1) is 22.8. The molecule has 1 aliphatic heterocycles. The van der Waals surface area contributed by atoms with Crippen LogP contribution < -0.4 is 9.47 Å². The molecule has 0 N–H and O–H groups in total. The van der Waals surface area contributed by atoms with Gasteiger partial charge in [-0.2, -0.15) is 0 Å². The smallest absolute Gasteiger partial charge is 0.417 e. The number of hydrogen-bond acceptors (Lipinski definition) is 6. The van der Waals surface area contributed by atoms with Crippen LogP contribution in [0.4, 0.5) is 4.79 Å². The van der Waals surface area contributed by atoms with Gasteiger partial charge in [-0.3, -0.25) is 4.79 Å². The average molecular weight is 430 g/mol. The summed E-state index contributed by atoms with van der Waals surface area (Å²) in [7, 11) is 1.59. The Kier molecular flexibility index (Phi) is 7.03. The fourth-order valence-corrected chi connectivity index (χ4v) is 4.11. The predicted octanol–water partition coefficient (Wildman–Crippen LogP) is 4.39. The second-order valence-electron chi connectivity index (χ2n) is 8.98. The Labute approximate surface area is 183 Å². The van der Waals surface area contributed by atoms with Gasteiger partial charge < -0.3 is 19.0 Å². The molecule has 0 saturated heterocycles. The van der Waals surface area contributed by atoms with Crippen molar-refractivity contribution < 1.29 is 28.6 Å². The number of benzene rings is 1. The van der Waals surface area contributed by atoms with Gasteiger partial charge >= 0.3 is 6.09 Å². The van der Waals surface area contributed by atoms with Crippen molar-refractivity contribution in [2.45, 2.75) is 76.5 Å². The van der Waals surface area contributed by atoms with Crippen LogP contribution in [0.2, 0.25) is 0 Å². The van der Waals surface area contributed by atoms with E-state index in [1.165, 1.54) is 6.08 Å². The SMILES string of the molecule is COc1ccc([C@H](CC=O)[C@H]2C=CC(=O)N2C(=O)OC(C)(C)C)cc1OC1CCCC1. The number of rotatable bonds is 7. The quantitative estimate of drug-likeness (QED) is 0.598. The first-order valence-corrected chi connectivity index (χ1v) is 10.8. The van der Waals surface area contributed by atoms with Crippen molar-refractivity contribution in [3.8, 4) is 11.5 Å². The lowest BCUT2D eigenvalue weighted by molar-refractivity contribution is -0.126. The normalized spacial score (nSPS) is 20.1. The Morgan fingerprint density at radius 2 is 1.94 bits per heavy atom. The van der Waals surface area contributed by atoms with Gasteiger partial charge in [-0.15, -0.1) is 0 Å². The van der Waals surface area contributed by atoms with Crippen LogP contribution >= 0.6 is 0 Å². The zero-order valence-corrected chi connectivity index (χ0v) is 18.6. The van der Waals surface area contributed by atoms with Crippen LogP contribution in [0.5, 0.6) is 11.5 Å². The number of carbonyl (C=O) groups excluding carboxylic acids is 3. The summed E-state index contributed by atoms with van der Waals surface area (Å²) in [5, 5.41) is 0. The average Bonchev–Trinajstić information content (AvgIpc) is 3.34. The summed E-state index contributed by atoms with van der Waals surface area (Å²) in [4.78, 5) is 37.8. The first-order valence-electron chi connectivity index (χ1n) is 10.8. The minimum absolute atomic E-state index is 0.136. The van der Waals surface area contributed by atoms with E-state index in [2.05, 4.69) is 0 Å². The van der Waals surface area contributed by atoms with Gasteiger partial charge in [0.2, 0.25) is 0 Å². The van der Waals surface area contributed by atoms with Crippen molar-refractivity contribution >= 4 is 18.3 Å². The van der Waals surface area contributed by atoms with E-state index in [1.54, 1.807) is 40.0 Å². The van der Waals surface area contributed by atoms with Gasteiger partial charge in [0.15, 0.2) is 11.5 Å². The summed E-state index contributed by atoms with van der Waals surface area (Å²) >= 11 is 0. The molecule has 7 nitrogen and oxygen atoms in total. The summed E-state index contributed by atoms with van der Waals surface area (Å²) in [5.41, 5.74) is 0.0476. The molecule has 1 fully saturated rings. The maximum absolute atomic E-state index is 12.7. The molecule has 2 atom stereocenters. The van der Waals surface area contributed by atoms with E-state index in [9.17, 15) is 14.4 Å². The third kappa shape index (κ3) is 5.46. The van der Waals surface area contributed by atoms with Crippen LogP contribution in [0.15, 0.2) is 30.4 Å². The summed E-state index contributed by atoms with van der Waals surface area (Å²) in [5.74, 6) is 0.345. The summed E-state index contributed by atoms with van der Waals surface area (Å²) in [6, 6.07) is 4.88. The molecule has 1 aromatic rings. The largest absolute Gasteiger partial charge is 0.493 e. The van der Waals surface area contributed by atoms with E-state index >= 15 is 0 Å². The standard InChI is InChI=1S/C24H31NO6/c1-24(2,3)31-23(28)25-19(10-12-22(25)27)18(13-14-26)16-9-11-20(29-4)21(15-16)30-17-7-5-6-8-17/h9-12,14-15,17-19H,5-8,13H2,1-4H3/t18-,19+/m0/s1. The summed E-state index contributed by atoms with van der Waals surface area (Å²) in [6.07, 6.45) is 7.63. The van der Waals surface area contributed by atoms with E-state index in [-0.39, 0.29) is 12.5 Å². The highest BCUT2D eigenvalue weighted by atomic mass is 16.6. The second kappa shape index (κ2) is 9.54. The van der Waals surface area contributed by atoms with Crippen LogP contribution in [0.1, 0.15) is 64.4 Å². The van der Waals surface area contributed by atoms with Gasteiger partial charge in [-0.1, -0.05) is 12.1 Å². The maximum atomic E-state index is 12.7. The van der Waals surface area contributed by atoms with Crippen molar-refractivity contribution in [3.05, 3.63) is 35.9 Å². The molecule has 0 bridgehead atoms. The molecule has 1 heterocycles. The number of ether oxygens (including phenoxy) is 3. The number of hydrogen-bond donors (Lipinski definition) is 0. The fraction of sp³-hybridized carbons (Fsp3) is 0.542. The molecule has 31 heavy (non-hydrogen) atoms. The minimum atomic E-state index is -0.743. The van der Waals surface area contributed by atoms with E-state index in [4.69, 9.17) is 14.2 Å². The molecule has 0 spiro atoms. The van der Waals surface area contributed by atoms with Crippen LogP contribution in [0, 0.1) is 0 Å². The zero-order chi connectivity index (χ0) is 22.6. The molecule has 0 unspecified atom stereocenters. The van der Waals surface area contributed by atoms with Crippen LogP contribution in [0.25, 0.3) is 0 Å². The van der Waals surface area contributed by atoms with Crippen molar-refractivity contribution in [1.29, 1.82) is 0 Å². The van der Waals surface area contributed by atoms with E-state index in [0.29, 0.717) is 11.5 Å². The van der Waals surface area contributed by atoms with Gasteiger partial charge in [0, 0.05) is 18.4 Å². The first-order chi connectivity index (χ1) is 14.7. The number of amides is 2. The number of imide groups is 1. The van der Waals surface area contributed by atoms with Crippen molar-refractivity contribution in [2.75, 3.05) is 7.11 Å². The van der Waals surface area contributed by atoms with Crippen LogP contribution in [0.3, 0.4) is 0 Å². The van der Waals surface area contributed by atoms with Crippen LogP contribution in [-0.2, 0) is 14.3 Å². The third-order valence-corrected chi connectivity index (χ3v) is 5.54. The molecule has 0 radical (unpaired) electrons. The van der Waals surface area contributed by atoms with Crippen molar-refractivity contribution in [1.82, 2.24) is 4.90 Å². The lowest BCUT2D eigenvalue weighted by Gasteiger charge is -2.31. The molecule has 1 saturated carbocycles. The van der Waals surface area contributed by atoms with E-state index in [0.717, 1.165) is 42.4 Å². The lowest BCUT2D eigenvalue weighted by atomic mass is 9.88. The fourth-order valence-electron chi connectivity index (χ4n) is 4.11.